The van der Waals surface area contributed by atoms with Crippen LogP contribution in [0.25, 0.3) is 0 Å². The number of benzene rings is 2. The zero-order chi connectivity index (χ0) is 17.5. The summed E-state index contributed by atoms with van der Waals surface area (Å²) in [6, 6.07) is 16.1. The number of hydrogen-bond donors (Lipinski definition) is 0. The minimum absolute atomic E-state index is 0.136. The summed E-state index contributed by atoms with van der Waals surface area (Å²) in [5.41, 5.74) is 1.09. The van der Waals surface area contributed by atoms with Crippen molar-refractivity contribution in [2.45, 2.75) is 13.0 Å². The summed E-state index contributed by atoms with van der Waals surface area (Å²) in [7, 11) is 0. The minimum atomic E-state index is -0.211. The zero-order valence-electron chi connectivity index (χ0n) is 14.2. The van der Waals surface area contributed by atoms with E-state index in [2.05, 4.69) is 4.90 Å². The van der Waals surface area contributed by atoms with Crippen molar-refractivity contribution in [2.75, 3.05) is 32.8 Å². The van der Waals surface area contributed by atoms with E-state index in [0.29, 0.717) is 13.0 Å². The smallest absolute Gasteiger partial charge is 0.226 e. The lowest BCUT2D eigenvalue weighted by atomic mass is 10.2. The molecule has 1 aliphatic rings. The lowest BCUT2D eigenvalue weighted by Crippen LogP contribution is -2.48. The highest BCUT2D eigenvalue weighted by atomic mass is 19.1. The van der Waals surface area contributed by atoms with Gasteiger partial charge in [0.1, 0.15) is 11.6 Å². The molecule has 1 fully saturated rings. The van der Waals surface area contributed by atoms with Crippen LogP contribution in [-0.4, -0.2) is 48.5 Å². The van der Waals surface area contributed by atoms with Crippen molar-refractivity contribution in [3.05, 3.63) is 66.0 Å². The summed E-state index contributed by atoms with van der Waals surface area (Å²) in [5, 5.41) is 0. The Labute approximate surface area is 147 Å². The molecule has 4 nitrogen and oxygen atoms in total. The summed E-state index contributed by atoms with van der Waals surface area (Å²) in [6.07, 6.45) is 0.396. The van der Waals surface area contributed by atoms with Gasteiger partial charge in [0.25, 0.3) is 0 Å². The fourth-order valence-corrected chi connectivity index (χ4v) is 2.93. The van der Waals surface area contributed by atoms with Crippen molar-refractivity contribution < 1.29 is 13.9 Å². The highest BCUT2D eigenvalue weighted by Gasteiger charge is 2.20. The number of para-hydroxylation sites is 1. The number of halogens is 1. The standard InChI is InChI=1S/C20H23FN2O2/c21-18-8-6-17(7-9-18)16-22-11-13-23(14-12-22)20(24)10-15-25-19-4-2-1-3-5-19/h1-9H,10-16H2. The van der Waals surface area contributed by atoms with Crippen LogP contribution < -0.4 is 4.74 Å². The van der Waals surface area contributed by atoms with E-state index >= 15 is 0 Å². The molecule has 0 aliphatic carbocycles. The molecule has 1 aliphatic heterocycles. The summed E-state index contributed by atoms with van der Waals surface area (Å²) >= 11 is 0. The molecule has 25 heavy (non-hydrogen) atoms. The quantitative estimate of drug-likeness (QED) is 0.809. The van der Waals surface area contributed by atoms with E-state index in [9.17, 15) is 9.18 Å². The van der Waals surface area contributed by atoms with E-state index in [1.54, 1.807) is 0 Å². The average Bonchev–Trinajstić information content (AvgIpc) is 2.65. The molecule has 0 saturated carbocycles. The molecule has 0 bridgehead atoms. The van der Waals surface area contributed by atoms with Gasteiger partial charge in [0.2, 0.25) is 5.91 Å². The van der Waals surface area contributed by atoms with E-state index in [-0.39, 0.29) is 11.7 Å². The van der Waals surface area contributed by atoms with Crippen LogP contribution in [0.15, 0.2) is 54.6 Å². The summed E-state index contributed by atoms with van der Waals surface area (Å²) in [4.78, 5) is 16.5. The fourth-order valence-electron chi connectivity index (χ4n) is 2.93. The van der Waals surface area contributed by atoms with Crippen LogP contribution in [-0.2, 0) is 11.3 Å². The number of ether oxygens (including phenoxy) is 1. The highest BCUT2D eigenvalue weighted by Crippen LogP contribution is 2.12. The molecule has 0 N–H and O–H groups in total. The molecular weight excluding hydrogens is 319 g/mol. The monoisotopic (exact) mass is 342 g/mol. The van der Waals surface area contributed by atoms with Gasteiger partial charge in [0.15, 0.2) is 0 Å². The second kappa shape index (κ2) is 8.62. The Hall–Kier alpha value is -2.40. The largest absolute Gasteiger partial charge is 0.493 e. The van der Waals surface area contributed by atoms with Gasteiger partial charge in [-0.3, -0.25) is 9.69 Å². The van der Waals surface area contributed by atoms with Crippen LogP contribution in [0, 0.1) is 5.82 Å². The van der Waals surface area contributed by atoms with Gasteiger partial charge in [-0.2, -0.15) is 0 Å². The summed E-state index contributed by atoms with van der Waals surface area (Å²) < 4.78 is 18.5. The normalized spacial score (nSPS) is 15.2. The number of nitrogens with zero attached hydrogens (tertiary/aromatic N) is 2. The van der Waals surface area contributed by atoms with Gasteiger partial charge in [-0.1, -0.05) is 30.3 Å². The van der Waals surface area contributed by atoms with Gasteiger partial charge in [0.05, 0.1) is 13.0 Å². The van der Waals surface area contributed by atoms with Gasteiger partial charge < -0.3 is 9.64 Å². The van der Waals surface area contributed by atoms with Crippen molar-refractivity contribution in [2.24, 2.45) is 0 Å². The second-order valence-electron chi connectivity index (χ2n) is 6.19. The first-order valence-corrected chi connectivity index (χ1v) is 8.63. The SMILES string of the molecule is O=C(CCOc1ccccc1)N1CCN(Cc2ccc(F)cc2)CC1. The third-order valence-corrected chi connectivity index (χ3v) is 4.37. The Bertz CT molecular complexity index is 668. The number of hydrogen-bond acceptors (Lipinski definition) is 3. The maximum atomic E-state index is 12.9. The molecule has 3 rings (SSSR count). The predicted octanol–water partition coefficient (Wildman–Crippen LogP) is 2.94. The Morgan fingerprint density at radius 3 is 2.32 bits per heavy atom. The maximum absolute atomic E-state index is 12.9. The first-order valence-electron chi connectivity index (χ1n) is 8.63. The van der Waals surface area contributed by atoms with Gasteiger partial charge >= 0.3 is 0 Å². The molecule has 1 saturated heterocycles. The highest BCUT2D eigenvalue weighted by molar-refractivity contribution is 5.76. The van der Waals surface area contributed by atoms with Crippen LogP contribution in [0.2, 0.25) is 0 Å². The van der Waals surface area contributed by atoms with Crippen LogP contribution in [0.1, 0.15) is 12.0 Å². The molecule has 132 valence electrons. The van der Waals surface area contributed by atoms with E-state index in [4.69, 9.17) is 4.74 Å². The third-order valence-electron chi connectivity index (χ3n) is 4.37. The molecule has 1 heterocycles. The van der Waals surface area contributed by atoms with Gasteiger partial charge in [0, 0.05) is 32.7 Å². The lowest BCUT2D eigenvalue weighted by molar-refractivity contribution is -0.133. The molecule has 0 atom stereocenters. The molecular formula is C20H23FN2O2. The topological polar surface area (TPSA) is 32.8 Å². The number of carbonyl (C=O) groups is 1. The minimum Gasteiger partial charge on any atom is -0.493 e. The van der Waals surface area contributed by atoms with Gasteiger partial charge in [-0.15, -0.1) is 0 Å². The molecule has 0 unspecified atom stereocenters. The third kappa shape index (κ3) is 5.29. The zero-order valence-corrected chi connectivity index (χ0v) is 14.2. The van der Waals surface area contributed by atoms with Crippen molar-refractivity contribution in [1.82, 2.24) is 9.80 Å². The molecule has 2 aromatic carbocycles. The molecule has 0 spiro atoms. The lowest BCUT2D eigenvalue weighted by Gasteiger charge is -2.34. The fraction of sp³-hybridized carbons (Fsp3) is 0.350. The second-order valence-corrected chi connectivity index (χ2v) is 6.19. The first kappa shape index (κ1) is 17.4. The number of rotatable bonds is 6. The number of carbonyl (C=O) groups excluding carboxylic acids is 1. The average molecular weight is 342 g/mol. The Balaban J connectivity index is 1.38. The summed E-state index contributed by atoms with van der Waals surface area (Å²) in [5.74, 6) is 0.716. The van der Waals surface area contributed by atoms with Gasteiger partial charge in [-0.05, 0) is 29.8 Å². The van der Waals surface area contributed by atoms with Gasteiger partial charge in [-0.25, -0.2) is 4.39 Å². The summed E-state index contributed by atoms with van der Waals surface area (Å²) in [6.45, 7) is 4.32. The molecule has 5 heteroatoms. The van der Waals surface area contributed by atoms with Crippen LogP contribution >= 0.6 is 0 Å². The number of piperazine rings is 1. The van der Waals surface area contributed by atoms with Crippen LogP contribution in [0.4, 0.5) is 4.39 Å². The van der Waals surface area contributed by atoms with E-state index in [0.717, 1.165) is 44.0 Å². The van der Waals surface area contributed by atoms with Crippen molar-refractivity contribution in [1.29, 1.82) is 0 Å². The van der Waals surface area contributed by atoms with Crippen molar-refractivity contribution in [3.8, 4) is 5.75 Å². The van der Waals surface area contributed by atoms with E-state index < -0.39 is 0 Å². The predicted molar refractivity (Wildman–Crippen MR) is 94.8 cm³/mol. The molecule has 0 radical (unpaired) electrons. The Morgan fingerprint density at radius 2 is 1.64 bits per heavy atom. The van der Waals surface area contributed by atoms with Crippen molar-refractivity contribution in [3.63, 3.8) is 0 Å². The van der Waals surface area contributed by atoms with E-state index in [1.165, 1.54) is 12.1 Å². The van der Waals surface area contributed by atoms with Crippen LogP contribution in [0.3, 0.4) is 0 Å². The van der Waals surface area contributed by atoms with Crippen molar-refractivity contribution >= 4 is 5.91 Å². The maximum Gasteiger partial charge on any atom is 0.226 e. The molecule has 1 amide bonds. The van der Waals surface area contributed by atoms with Crippen LogP contribution in [0.5, 0.6) is 5.75 Å². The molecule has 0 aromatic heterocycles. The van der Waals surface area contributed by atoms with E-state index in [1.807, 2.05) is 47.4 Å². The number of amides is 1. The first-order chi connectivity index (χ1) is 12.2. The Kier molecular flexibility index (Phi) is 6.01. The Morgan fingerprint density at radius 1 is 0.960 bits per heavy atom. The molecule has 2 aromatic rings.